The lowest BCUT2D eigenvalue weighted by molar-refractivity contribution is 0.345. The van der Waals surface area contributed by atoms with Crippen molar-refractivity contribution in [3.05, 3.63) is 27.7 Å². The number of rotatable bonds is 3. The number of hydrogen-bond donors (Lipinski definition) is 2. The second kappa shape index (κ2) is 6.77. The van der Waals surface area contributed by atoms with Gasteiger partial charge in [0, 0.05) is 22.6 Å². The minimum atomic E-state index is -3.45. The summed E-state index contributed by atoms with van der Waals surface area (Å²) in [7, 11) is -3.45. The van der Waals surface area contributed by atoms with Crippen molar-refractivity contribution < 1.29 is 8.42 Å². The van der Waals surface area contributed by atoms with Crippen molar-refractivity contribution in [2.75, 3.05) is 0 Å². The van der Waals surface area contributed by atoms with Crippen molar-refractivity contribution >= 4 is 38.4 Å². The molecule has 0 radical (unpaired) electrons. The molecule has 2 unspecified atom stereocenters. The molecule has 0 saturated carbocycles. The van der Waals surface area contributed by atoms with Gasteiger partial charge in [-0.15, -0.1) is 12.4 Å². The first-order valence-electron chi connectivity index (χ1n) is 7.40. The SMILES string of the molecule is Cc1cc(S(=O)(=O)NC2CC3CCC(C2)N3)c(C)cc1Br.Cl. The summed E-state index contributed by atoms with van der Waals surface area (Å²) in [5, 5.41) is 3.53. The molecule has 124 valence electrons. The Balaban J connectivity index is 0.00000176. The lowest BCUT2D eigenvalue weighted by Gasteiger charge is -2.29. The minimum absolute atomic E-state index is 0. The van der Waals surface area contributed by atoms with Crippen molar-refractivity contribution in [3.8, 4) is 0 Å². The number of hydrogen-bond acceptors (Lipinski definition) is 3. The predicted molar refractivity (Wildman–Crippen MR) is 94.2 cm³/mol. The molecule has 22 heavy (non-hydrogen) atoms. The van der Waals surface area contributed by atoms with Gasteiger partial charge in [-0.05, 0) is 62.8 Å². The van der Waals surface area contributed by atoms with Crippen LogP contribution in [0.3, 0.4) is 0 Å². The first-order valence-corrected chi connectivity index (χ1v) is 9.68. The first kappa shape index (κ1) is 18.2. The summed E-state index contributed by atoms with van der Waals surface area (Å²) in [6, 6.07) is 4.62. The average Bonchev–Trinajstić information content (AvgIpc) is 2.72. The van der Waals surface area contributed by atoms with Crippen LogP contribution in [0, 0.1) is 13.8 Å². The van der Waals surface area contributed by atoms with Crippen molar-refractivity contribution in [2.45, 2.75) is 62.6 Å². The van der Waals surface area contributed by atoms with Gasteiger partial charge in [0.25, 0.3) is 0 Å². The number of nitrogens with one attached hydrogen (secondary N) is 2. The third-order valence-electron chi connectivity index (χ3n) is 4.54. The molecule has 2 aliphatic heterocycles. The Bertz CT molecular complexity index is 654. The maximum atomic E-state index is 12.7. The summed E-state index contributed by atoms with van der Waals surface area (Å²) in [6.07, 6.45) is 4.12. The summed E-state index contributed by atoms with van der Waals surface area (Å²) in [6.45, 7) is 3.75. The van der Waals surface area contributed by atoms with Crippen LogP contribution in [-0.4, -0.2) is 26.5 Å². The lowest BCUT2D eigenvalue weighted by Crippen LogP contribution is -2.48. The van der Waals surface area contributed by atoms with E-state index in [4.69, 9.17) is 0 Å². The van der Waals surface area contributed by atoms with E-state index in [2.05, 4.69) is 26.0 Å². The molecule has 0 amide bonds. The molecule has 7 heteroatoms. The van der Waals surface area contributed by atoms with Crippen LogP contribution < -0.4 is 10.0 Å². The Labute approximate surface area is 147 Å². The molecule has 2 saturated heterocycles. The second-order valence-electron chi connectivity index (χ2n) is 6.29. The molecule has 1 aromatic carbocycles. The van der Waals surface area contributed by atoms with E-state index in [1.54, 1.807) is 6.07 Å². The third kappa shape index (κ3) is 3.67. The second-order valence-corrected chi connectivity index (χ2v) is 8.83. The van der Waals surface area contributed by atoms with Crippen LogP contribution >= 0.6 is 28.3 Å². The van der Waals surface area contributed by atoms with Gasteiger partial charge in [0.15, 0.2) is 0 Å². The molecule has 2 aliphatic rings. The van der Waals surface area contributed by atoms with E-state index in [0.717, 1.165) is 28.4 Å². The highest BCUT2D eigenvalue weighted by Gasteiger charge is 2.35. The number of aryl methyl sites for hydroxylation is 2. The molecule has 1 aromatic rings. The van der Waals surface area contributed by atoms with E-state index in [1.807, 2.05) is 19.9 Å². The van der Waals surface area contributed by atoms with Crippen LogP contribution in [-0.2, 0) is 10.0 Å². The third-order valence-corrected chi connectivity index (χ3v) is 7.06. The van der Waals surface area contributed by atoms with Crippen molar-refractivity contribution in [1.29, 1.82) is 0 Å². The van der Waals surface area contributed by atoms with Crippen LogP contribution in [0.15, 0.2) is 21.5 Å². The van der Waals surface area contributed by atoms with E-state index in [-0.39, 0.29) is 18.4 Å². The molecule has 2 bridgehead atoms. The van der Waals surface area contributed by atoms with E-state index >= 15 is 0 Å². The number of halogens is 2. The smallest absolute Gasteiger partial charge is 0.241 e. The first-order chi connectivity index (χ1) is 9.85. The fraction of sp³-hybridized carbons (Fsp3) is 0.600. The number of benzene rings is 1. The average molecular weight is 410 g/mol. The molecule has 0 aliphatic carbocycles. The Hall–Kier alpha value is -0.140. The van der Waals surface area contributed by atoms with Gasteiger partial charge in [0.05, 0.1) is 4.90 Å². The van der Waals surface area contributed by atoms with E-state index in [0.29, 0.717) is 17.0 Å². The van der Waals surface area contributed by atoms with E-state index in [1.165, 1.54) is 12.8 Å². The van der Waals surface area contributed by atoms with Gasteiger partial charge in [-0.3, -0.25) is 0 Å². The zero-order valence-electron chi connectivity index (χ0n) is 12.7. The lowest BCUT2D eigenvalue weighted by atomic mass is 10.0. The topological polar surface area (TPSA) is 58.2 Å². The molecule has 0 spiro atoms. The quantitative estimate of drug-likeness (QED) is 0.806. The van der Waals surface area contributed by atoms with Crippen LogP contribution in [0.25, 0.3) is 0 Å². The normalized spacial score (nSPS) is 27.5. The Kier molecular flexibility index (Phi) is 5.60. The number of fused-ring (bicyclic) bond motifs is 2. The zero-order valence-corrected chi connectivity index (χ0v) is 15.9. The fourth-order valence-corrected chi connectivity index (χ4v) is 5.51. The van der Waals surface area contributed by atoms with Crippen molar-refractivity contribution in [2.24, 2.45) is 0 Å². The maximum Gasteiger partial charge on any atom is 0.241 e. The van der Waals surface area contributed by atoms with Crippen molar-refractivity contribution in [3.63, 3.8) is 0 Å². The number of piperidine rings is 1. The Morgan fingerprint density at radius 3 is 2.32 bits per heavy atom. The van der Waals surface area contributed by atoms with Gasteiger partial charge < -0.3 is 5.32 Å². The summed E-state index contributed by atoms with van der Waals surface area (Å²) in [4.78, 5) is 0.397. The summed E-state index contributed by atoms with van der Waals surface area (Å²) < 4.78 is 29.2. The maximum absolute atomic E-state index is 12.7. The van der Waals surface area contributed by atoms with E-state index < -0.39 is 10.0 Å². The molecular weight excluding hydrogens is 388 g/mol. The van der Waals surface area contributed by atoms with Gasteiger partial charge in [-0.25, -0.2) is 13.1 Å². The molecule has 3 rings (SSSR count). The van der Waals surface area contributed by atoms with Gasteiger partial charge in [0.2, 0.25) is 10.0 Å². The molecule has 4 nitrogen and oxygen atoms in total. The van der Waals surface area contributed by atoms with Crippen LogP contribution in [0.2, 0.25) is 0 Å². The monoisotopic (exact) mass is 408 g/mol. The molecule has 2 atom stereocenters. The van der Waals surface area contributed by atoms with Gasteiger partial charge in [-0.2, -0.15) is 0 Å². The highest BCUT2D eigenvalue weighted by Crippen LogP contribution is 2.29. The molecule has 2 N–H and O–H groups in total. The van der Waals surface area contributed by atoms with Gasteiger partial charge in [-0.1, -0.05) is 15.9 Å². The molecule has 0 aromatic heterocycles. The molecule has 2 heterocycles. The fourth-order valence-electron chi connectivity index (χ4n) is 3.48. The summed E-state index contributed by atoms with van der Waals surface area (Å²) in [5.41, 5.74) is 1.71. The predicted octanol–water partition coefficient (Wildman–Crippen LogP) is 3.05. The van der Waals surface area contributed by atoms with Gasteiger partial charge in [0.1, 0.15) is 0 Å². The molecular formula is C15H22BrClN2O2S. The van der Waals surface area contributed by atoms with Gasteiger partial charge >= 0.3 is 0 Å². The highest BCUT2D eigenvalue weighted by atomic mass is 79.9. The van der Waals surface area contributed by atoms with Crippen LogP contribution in [0.5, 0.6) is 0 Å². The number of sulfonamides is 1. The van der Waals surface area contributed by atoms with Crippen LogP contribution in [0.4, 0.5) is 0 Å². The Morgan fingerprint density at radius 1 is 1.14 bits per heavy atom. The summed E-state index contributed by atoms with van der Waals surface area (Å²) in [5.74, 6) is 0. The zero-order chi connectivity index (χ0) is 15.2. The molecule has 2 fully saturated rings. The van der Waals surface area contributed by atoms with Crippen LogP contribution in [0.1, 0.15) is 36.8 Å². The van der Waals surface area contributed by atoms with Crippen molar-refractivity contribution in [1.82, 2.24) is 10.0 Å². The standard InChI is InChI=1S/C15H21BrN2O2S.ClH/c1-9-6-15(10(2)5-14(9)16)21(19,20)18-13-7-11-3-4-12(8-13)17-11;/h5-6,11-13,17-18H,3-4,7-8H2,1-2H3;1H. The largest absolute Gasteiger partial charge is 0.311 e. The highest BCUT2D eigenvalue weighted by molar-refractivity contribution is 9.10. The summed E-state index contributed by atoms with van der Waals surface area (Å²) >= 11 is 3.45. The van der Waals surface area contributed by atoms with E-state index in [9.17, 15) is 8.42 Å². The minimum Gasteiger partial charge on any atom is -0.311 e. The Morgan fingerprint density at radius 2 is 1.73 bits per heavy atom.